The smallest absolute Gasteiger partial charge is 0.166 e. The van der Waals surface area contributed by atoms with Crippen molar-refractivity contribution in [1.82, 2.24) is 0 Å². The second-order valence-corrected chi connectivity index (χ2v) is 6.07. The molecule has 0 aliphatic carbocycles. The molecule has 1 aromatic rings. The summed E-state index contributed by atoms with van der Waals surface area (Å²) in [6.07, 6.45) is 7.25. The Kier molecular flexibility index (Phi) is 7.16. The van der Waals surface area contributed by atoms with Crippen molar-refractivity contribution >= 4 is 11.9 Å². The van der Waals surface area contributed by atoms with Crippen molar-refractivity contribution in [2.45, 2.75) is 65.2 Å². The highest BCUT2D eigenvalue weighted by atomic mass is 16.3. The van der Waals surface area contributed by atoms with Crippen LogP contribution in [-0.2, 0) is 0 Å². The van der Waals surface area contributed by atoms with E-state index in [0.29, 0.717) is 17.5 Å². The van der Waals surface area contributed by atoms with Gasteiger partial charge in [0.2, 0.25) is 0 Å². The fourth-order valence-electron chi connectivity index (χ4n) is 2.73. The summed E-state index contributed by atoms with van der Waals surface area (Å²) >= 11 is 0. The predicted octanol–water partition coefficient (Wildman–Crippen LogP) is 5.41. The Bertz CT molecular complexity index is 530. The zero-order chi connectivity index (χ0) is 16.7. The maximum Gasteiger partial charge on any atom is 0.166 e. The van der Waals surface area contributed by atoms with Gasteiger partial charge in [-0.05, 0) is 18.4 Å². The average molecular weight is 304 g/mol. The lowest BCUT2D eigenvalue weighted by Gasteiger charge is -2.17. The van der Waals surface area contributed by atoms with Crippen molar-refractivity contribution in [2.24, 2.45) is 0 Å². The van der Waals surface area contributed by atoms with Crippen molar-refractivity contribution in [1.29, 1.82) is 0 Å². The number of benzene rings is 1. The molecule has 0 aliphatic rings. The maximum absolute atomic E-state index is 12.3. The molecule has 0 fully saturated rings. The van der Waals surface area contributed by atoms with E-state index < -0.39 is 0 Å². The summed E-state index contributed by atoms with van der Waals surface area (Å²) in [7, 11) is 0. The van der Waals surface area contributed by atoms with Gasteiger partial charge in [-0.25, -0.2) is 0 Å². The van der Waals surface area contributed by atoms with Crippen LogP contribution in [0, 0.1) is 0 Å². The number of hydrogen-bond donors (Lipinski definition) is 2. The molecule has 2 N–H and O–H groups in total. The molecule has 0 saturated heterocycles. The van der Waals surface area contributed by atoms with Crippen molar-refractivity contribution in [3.8, 4) is 11.5 Å². The molecule has 3 heteroatoms. The zero-order valence-corrected chi connectivity index (χ0v) is 14.0. The van der Waals surface area contributed by atoms with Gasteiger partial charge in [0, 0.05) is 17.5 Å². The third-order valence-corrected chi connectivity index (χ3v) is 3.95. The minimum absolute atomic E-state index is 0.00351. The van der Waals surface area contributed by atoms with Crippen molar-refractivity contribution < 1.29 is 15.0 Å². The summed E-state index contributed by atoms with van der Waals surface area (Å²) in [6.45, 7) is 9.66. The first-order valence-corrected chi connectivity index (χ1v) is 8.18. The van der Waals surface area contributed by atoms with Gasteiger partial charge >= 0.3 is 0 Å². The zero-order valence-electron chi connectivity index (χ0n) is 14.0. The number of carbonyl (C=O) groups is 1. The van der Waals surface area contributed by atoms with Crippen LogP contribution >= 0.6 is 0 Å². The molecule has 0 spiro atoms. The Morgan fingerprint density at radius 1 is 1.23 bits per heavy atom. The largest absolute Gasteiger partial charge is 0.507 e. The molecule has 0 unspecified atom stereocenters. The number of carbonyl (C=O) groups excluding carboxylic acids is 1. The molecule has 0 amide bonds. The number of rotatable bonds is 9. The highest BCUT2D eigenvalue weighted by Gasteiger charge is 2.21. The Morgan fingerprint density at radius 2 is 1.86 bits per heavy atom. The first-order chi connectivity index (χ1) is 10.4. The van der Waals surface area contributed by atoms with Crippen molar-refractivity contribution in [3.05, 3.63) is 29.3 Å². The van der Waals surface area contributed by atoms with E-state index in [-0.39, 0.29) is 28.8 Å². The Balaban J connectivity index is 2.95. The molecule has 1 aromatic carbocycles. The predicted molar refractivity (Wildman–Crippen MR) is 91.7 cm³/mol. The summed E-state index contributed by atoms with van der Waals surface area (Å²) in [5.41, 5.74) is 1.32. The van der Waals surface area contributed by atoms with Gasteiger partial charge in [-0.15, -0.1) is 0 Å². The number of Topliss-reactive ketones (excluding diaryl/α,β-unsaturated/α-hetero) is 1. The van der Waals surface area contributed by atoms with Gasteiger partial charge in [-0.3, -0.25) is 4.79 Å². The SMILES string of the molecule is C=Cc1c(O)cc(C(=O)CCCCCCC)c(O)c1C(C)C. The molecule has 0 heterocycles. The first-order valence-electron chi connectivity index (χ1n) is 8.18. The maximum atomic E-state index is 12.3. The molecule has 0 bridgehead atoms. The number of phenolic OH excluding ortho intramolecular Hbond substituents is 2. The van der Waals surface area contributed by atoms with Gasteiger partial charge in [-0.1, -0.05) is 59.1 Å². The number of ketones is 1. The molecular weight excluding hydrogens is 276 g/mol. The lowest BCUT2D eigenvalue weighted by Crippen LogP contribution is -2.04. The summed E-state index contributed by atoms with van der Waals surface area (Å²) in [5, 5.41) is 20.5. The fraction of sp³-hybridized carbons (Fsp3) is 0.526. The first kappa shape index (κ1) is 18.3. The highest BCUT2D eigenvalue weighted by molar-refractivity contribution is 6.00. The molecule has 1 rings (SSSR count). The standard InChI is InChI=1S/C19H28O3/c1-5-7-8-9-10-11-16(20)15-12-17(21)14(6-2)18(13(3)4)19(15)22/h6,12-13,21-22H,2,5,7-11H2,1,3-4H3. The van der Waals surface area contributed by atoms with Crippen LogP contribution in [0.2, 0.25) is 0 Å². The third-order valence-electron chi connectivity index (χ3n) is 3.95. The molecule has 22 heavy (non-hydrogen) atoms. The fourth-order valence-corrected chi connectivity index (χ4v) is 2.73. The summed E-state index contributed by atoms with van der Waals surface area (Å²) in [5.74, 6) is -0.120. The van der Waals surface area contributed by atoms with E-state index >= 15 is 0 Å². The highest BCUT2D eigenvalue weighted by Crippen LogP contribution is 2.39. The number of hydrogen-bond acceptors (Lipinski definition) is 3. The Labute approximate surface area is 133 Å². The third kappa shape index (κ3) is 4.36. The second-order valence-electron chi connectivity index (χ2n) is 6.07. The van der Waals surface area contributed by atoms with Crippen molar-refractivity contribution in [2.75, 3.05) is 0 Å². The van der Waals surface area contributed by atoms with E-state index in [1.54, 1.807) is 0 Å². The van der Waals surface area contributed by atoms with Gasteiger partial charge in [0.05, 0.1) is 5.56 Å². The lowest BCUT2D eigenvalue weighted by molar-refractivity contribution is 0.0976. The van der Waals surface area contributed by atoms with Crippen molar-refractivity contribution in [3.63, 3.8) is 0 Å². The average Bonchev–Trinajstić information content (AvgIpc) is 2.47. The van der Waals surface area contributed by atoms with Gasteiger partial charge in [-0.2, -0.15) is 0 Å². The second kappa shape index (κ2) is 8.62. The van der Waals surface area contributed by atoms with Crippen LogP contribution in [0.4, 0.5) is 0 Å². The Morgan fingerprint density at radius 3 is 2.41 bits per heavy atom. The molecule has 122 valence electrons. The topological polar surface area (TPSA) is 57.5 Å². The molecular formula is C19H28O3. The van der Waals surface area contributed by atoms with Crippen LogP contribution in [0.25, 0.3) is 6.08 Å². The Hall–Kier alpha value is -1.77. The van der Waals surface area contributed by atoms with Gasteiger partial charge in [0.25, 0.3) is 0 Å². The van der Waals surface area contributed by atoms with Gasteiger partial charge in [0.1, 0.15) is 11.5 Å². The van der Waals surface area contributed by atoms with Crippen LogP contribution in [0.3, 0.4) is 0 Å². The normalized spacial score (nSPS) is 10.9. The van der Waals surface area contributed by atoms with Gasteiger partial charge in [0.15, 0.2) is 5.78 Å². The van der Waals surface area contributed by atoms with E-state index in [4.69, 9.17) is 0 Å². The quantitative estimate of drug-likeness (QED) is 0.364. The van der Waals surface area contributed by atoms with Gasteiger partial charge < -0.3 is 10.2 Å². The molecule has 0 aliphatic heterocycles. The summed E-state index contributed by atoms with van der Waals surface area (Å²) in [4.78, 5) is 12.3. The summed E-state index contributed by atoms with van der Waals surface area (Å²) in [6, 6.07) is 1.37. The van der Waals surface area contributed by atoms with Crippen LogP contribution in [0.5, 0.6) is 11.5 Å². The minimum atomic E-state index is -0.109. The molecule has 3 nitrogen and oxygen atoms in total. The van der Waals surface area contributed by atoms with E-state index in [2.05, 4.69) is 13.5 Å². The monoisotopic (exact) mass is 304 g/mol. The number of aromatic hydroxyl groups is 2. The van der Waals surface area contributed by atoms with E-state index in [1.165, 1.54) is 25.0 Å². The van der Waals surface area contributed by atoms with E-state index in [9.17, 15) is 15.0 Å². The van der Waals surface area contributed by atoms with Crippen LogP contribution in [0.15, 0.2) is 12.6 Å². The number of unbranched alkanes of at least 4 members (excludes halogenated alkanes) is 4. The molecule has 0 radical (unpaired) electrons. The van der Waals surface area contributed by atoms with Crippen LogP contribution in [-0.4, -0.2) is 16.0 Å². The summed E-state index contributed by atoms with van der Waals surface area (Å²) < 4.78 is 0. The van der Waals surface area contributed by atoms with E-state index in [1.807, 2.05) is 13.8 Å². The minimum Gasteiger partial charge on any atom is -0.507 e. The molecule has 0 aromatic heterocycles. The van der Waals surface area contributed by atoms with Crippen LogP contribution in [0.1, 0.15) is 86.7 Å². The molecule has 0 atom stereocenters. The molecule has 0 saturated carbocycles. The lowest BCUT2D eigenvalue weighted by atomic mass is 9.90. The van der Waals surface area contributed by atoms with E-state index in [0.717, 1.165) is 19.3 Å². The van der Waals surface area contributed by atoms with Crippen LogP contribution < -0.4 is 0 Å². The number of phenols is 2.